The van der Waals surface area contributed by atoms with Gasteiger partial charge in [0.05, 0.1) is 12.3 Å². The van der Waals surface area contributed by atoms with Crippen molar-refractivity contribution in [3.63, 3.8) is 0 Å². The molecule has 15 heavy (non-hydrogen) atoms. The number of aromatic nitrogens is 2. The van der Waals surface area contributed by atoms with E-state index >= 15 is 0 Å². The quantitative estimate of drug-likeness (QED) is 0.794. The molecule has 0 amide bonds. The lowest BCUT2D eigenvalue weighted by Gasteiger charge is -2.21. The van der Waals surface area contributed by atoms with Crippen molar-refractivity contribution in [2.24, 2.45) is 0 Å². The van der Waals surface area contributed by atoms with E-state index in [-0.39, 0.29) is 0 Å². The summed E-state index contributed by atoms with van der Waals surface area (Å²) in [5.74, 6) is 0. The van der Waals surface area contributed by atoms with Crippen LogP contribution in [0.5, 0.6) is 0 Å². The predicted molar refractivity (Wildman–Crippen MR) is 58.7 cm³/mol. The maximum absolute atomic E-state index is 5.53. The molecule has 1 aromatic heterocycles. The minimum atomic E-state index is 0.319. The standard InChI is InChI=1S/C11H19N3O/c1-7(10-6-12-14-8(10)2)13-11-4-5-15-9(11)3/h6-7,9,11,13H,4-5H2,1-3H3,(H,12,14). The maximum Gasteiger partial charge on any atom is 0.0700 e. The first-order valence-corrected chi connectivity index (χ1v) is 5.56. The summed E-state index contributed by atoms with van der Waals surface area (Å²) in [6.45, 7) is 7.22. The van der Waals surface area contributed by atoms with E-state index in [1.807, 2.05) is 6.20 Å². The summed E-state index contributed by atoms with van der Waals surface area (Å²) in [6, 6.07) is 0.798. The smallest absolute Gasteiger partial charge is 0.0700 e. The summed E-state index contributed by atoms with van der Waals surface area (Å²) in [6.07, 6.45) is 3.32. The Hall–Kier alpha value is -0.870. The lowest BCUT2D eigenvalue weighted by molar-refractivity contribution is 0.111. The molecule has 1 fully saturated rings. The fourth-order valence-electron chi connectivity index (χ4n) is 2.16. The van der Waals surface area contributed by atoms with Gasteiger partial charge in [0, 0.05) is 29.9 Å². The van der Waals surface area contributed by atoms with Crippen molar-refractivity contribution in [3.8, 4) is 0 Å². The second-order valence-electron chi connectivity index (χ2n) is 4.31. The van der Waals surface area contributed by atoms with E-state index in [0.717, 1.165) is 18.7 Å². The lowest BCUT2D eigenvalue weighted by Crippen LogP contribution is -2.36. The van der Waals surface area contributed by atoms with Gasteiger partial charge in [-0.15, -0.1) is 0 Å². The molecule has 0 aromatic carbocycles. The second-order valence-corrected chi connectivity index (χ2v) is 4.31. The Balaban J connectivity index is 1.97. The number of rotatable bonds is 3. The van der Waals surface area contributed by atoms with Gasteiger partial charge in [0.15, 0.2) is 0 Å². The van der Waals surface area contributed by atoms with Gasteiger partial charge >= 0.3 is 0 Å². The van der Waals surface area contributed by atoms with Crippen LogP contribution in [0.15, 0.2) is 6.20 Å². The van der Waals surface area contributed by atoms with Gasteiger partial charge in [-0.1, -0.05) is 0 Å². The first-order valence-electron chi connectivity index (χ1n) is 5.56. The van der Waals surface area contributed by atoms with Crippen LogP contribution in [0.25, 0.3) is 0 Å². The molecule has 84 valence electrons. The summed E-state index contributed by atoms with van der Waals surface area (Å²) in [4.78, 5) is 0. The molecule has 0 saturated carbocycles. The third kappa shape index (κ3) is 2.21. The number of nitrogens with zero attached hydrogens (tertiary/aromatic N) is 1. The number of H-pyrrole nitrogens is 1. The van der Waals surface area contributed by atoms with Crippen LogP contribution in [0.2, 0.25) is 0 Å². The van der Waals surface area contributed by atoms with E-state index < -0.39 is 0 Å². The third-order valence-corrected chi connectivity index (χ3v) is 3.18. The average molecular weight is 209 g/mol. The van der Waals surface area contributed by atoms with Crippen LogP contribution in [0, 0.1) is 6.92 Å². The minimum absolute atomic E-state index is 0.319. The summed E-state index contributed by atoms with van der Waals surface area (Å²) >= 11 is 0. The van der Waals surface area contributed by atoms with Crippen molar-refractivity contribution in [2.75, 3.05) is 6.61 Å². The molecule has 1 saturated heterocycles. The molecule has 3 unspecified atom stereocenters. The Bertz CT molecular complexity index is 323. The summed E-state index contributed by atoms with van der Waals surface area (Å²) in [5, 5.41) is 10.6. The molecule has 2 heterocycles. The molecular formula is C11H19N3O. The van der Waals surface area contributed by atoms with Gasteiger partial charge in [0.25, 0.3) is 0 Å². The SMILES string of the molecule is Cc1[nH]ncc1C(C)NC1CCOC1C. The average Bonchev–Trinajstić information content (AvgIpc) is 2.76. The van der Waals surface area contributed by atoms with Crippen LogP contribution in [0.4, 0.5) is 0 Å². The predicted octanol–water partition coefficient (Wildman–Crippen LogP) is 1.55. The highest BCUT2D eigenvalue weighted by molar-refractivity contribution is 5.18. The molecule has 2 N–H and O–H groups in total. The minimum Gasteiger partial charge on any atom is -0.377 e. The van der Waals surface area contributed by atoms with Gasteiger partial charge in [0.1, 0.15) is 0 Å². The number of aromatic amines is 1. The zero-order valence-electron chi connectivity index (χ0n) is 9.58. The van der Waals surface area contributed by atoms with Crippen LogP contribution in [-0.4, -0.2) is 29.0 Å². The summed E-state index contributed by atoms with van der Waals surface area (Å²) in [7, 11) is 0. The van der Waals surface area contributed by atoms with Crippen molar-refractivity contribution in [3.05, 3.63) is 17.5 Å². The second kappa shape index (κ2) is 4.33. The molecule has 0 bridgehead atoms. The van der Waals surface area contributed by atoms with Crippen molar-refractivity contribution in [1.82, 2.24) is 15.5 Å². The Labute approximate surface area is 90.4 Å². The number of hydrogen-bond donors (Lipinski definition) is 2. The van der Waals surface area contributed by atoms with E-state index in [9.17, 15) is 0 Å². The molecule has 3 atom stereocenters. The first-order chi connectivity index (χ1) is 7.18. The van der Waals surface area contributed by atoms with Gasteiger partial charge < -0.3 is 10.1 Å². The fourth-order valence-corrected chi connectivity index (χ4v) is 2.16. The molecule has 0 aliphatic carbocycles. The molecule has 0 radical (unpaired) electrons. The van der Waals surface area contributed by atoms with Crippen molar-refractivity contribution in [2.45, 2.75) is 45.4 Å². The summed E-state index contributed by atoms with van der Waals surface area (Å²) in [5.41, 5.74) is 2.38. The van der Waals surface area contributed by atoms with E-state index in [2.05, 4.69) is 36.3 Å². The van der Waals surface area contributed by atoms with Crippen LogP contribution in [0.3, 0.4) is 0 Å². The molecule has 4 nitrogen and oxygen atoms in total. The van der Waals surface area contributed by atoms with Gasteiger partial charge in [-0.25, -0.2) is 0 Å². The Morgan fingerprint density at radius 1 is 1.67 bits per heavy atom. The first kappa shape index (κ1) is 10.6. The zero-order chi connectivity index (χ0) is 10.8. The molecular weight excluding hydrogens is 190 g/mol. The van der Waals surface area contributed by atoms with Gasteiger partial charge in [-0.05, 0) is 27.2 Å². The van der Waals surface area contributed by atoms with E-state index in [1.54, 1.807) is 0 Å². The van der Waals surface area contributed by atoms with Gasteiger partial charge in [-0.2, -0.15) is 5.10 Å². The van der Waals surface area contributed by atoms with Crippen molar-refractivity contribution >= 4 is 0 Å². The van der Waals surface area contributed by atoms with E-state index in [1.165, 1.54) is 5.56 Å². The van der Waals surface area contributed by atoms with Crippen LogP contribution in [0.1, 0.15) is 37.6 Å². The maximum atomic E-state index is 5.53. The van der Waals surface area contributed by atoms with Crippen LogP contribution < -0.4 is 5.32 Å². The van der Waals surface area contributed by atoms with Crippen molar-refractivity contribution in [1.29, 1.82) is 0 Å². The Morgan fingerprint density at radius 3 is 3.00 bits per heavy atom. The number of ether oxygens (including phenoxy) is 1. The highest BCUT2D eigenvalue weighted by Crippen LogP contribution is 2.20. The molecule has 4 heteroatoms. The lowest BCUT2D eigenvalue weighted by atomic mass is 10.1. The molecule has 1 aliphatic heterocycles. The largest absolute Gasteiger partial charge is 0.377 e. The van der Waals surface area contributed by atoms with E-state index in [0.29, 0.717) is 18.2 Å². The number of hydrogen-bond acceptors (Lipinski definition) is 3. The Morgan fingerprint density at radius 2 is 2.47 bits per heavy atom. The molecule has 0 spiro atoms. The molecule has 1 aliphatic rings. The Kier molecular flexibility index (Phi) is 3.07. The number of aryl methyl sites for hydroxylation is 1. The molecule has 1 aromatic rings. The van der Waals surface area contributed by atoms with Gasteiger partial charge in [0.2, 0.25) is 0 Å². The monoisotopic (exact) mass is 209 g/mol. The topological polar surface area (TPSA) is 49.9 Å². The van der Waals surface area contributed by atoms with Crippen LogP contribution >= 0.6 is 0 Å². The third-order valence-electron chi connectivity index (χ3n) is 3.18. The zero-order valence-corrected chi connectivity index (χ0v) is 9.58. The fraction of sp³-hybridized carbons (Fsp3) is 0.727. The number of nitrogens with one attached hydrogen (secondary N) is 2. The highest BCUT2D eigenvalue weighted by atomic mass is 16.5. The molecule has 2 rings (SSSR count). The normalized spacial score (nSPS) is 28.2. The highest BCUT2D eigenvalue weighted by Gasteiger charge is 2.26. The summed E-state index contributed by atoms with van der Waals surface area (Å²) < 4.78 is 5.53. The van der Waals surface area contributed by atoms with Crippen molar-refractivity contribution < 1.29 is 4.74 Å². The van der Waals surface area contributed by atoms with Crippen LogP contribution in [-0.2, 0) is 4.74 Å². The van der Waals surface area contributed by atoms with E-state index in [4.69, 9.17) is 4.74 Å². The van der Waals surface area contributed by atoms with Gasteiger partial charge in [-0.3, -0.25) is 5.10 Å².